The van der Waals surface area contributed by atoms with Gasteiger partial charge in [-0.25, -0.2) is 14.8 Å². The second-order valence-electron chi connectivity index (χ2n) is 2.71. The Balaban J connectivity index is 2.85. The van der Waals surface area contributed by atoms with Crippen molar-refractivity contribution in [3.63, 3.8) is 0 Å². The fourth-order valence-electron chi connectivity index (χ4n) is 0.762. The number of carboxylic acid groups (broad SMARTS) is 1. The summed E-state index contributed by atoms with van der Waals surface area (Å²) in [6.45, 7) is 3.67. The first-order valence-electron chi connectivity index (χ1n) is 3.81. The van der Waals surface area contributed by atoms with Crippen molar-refractivity contribution >= 4 is 5.97 Å². The van der Waals surface area contributed by atoms with Gasteiger partial charge in [-0.15, -0.1) is 0 Å². The molecule has 1 rings (SSSR count). The molecule has 5 nitrogen and oxygen atoms in total. The molecule has 0 aliphatic carbocycles. The van der Waals surface area contributed by atoms with Crippen molar-refractivity contribution in [3.05, 3.63) is 18.1 Å². The molecule has 1 N–H and O–H groups in total. The monoisotopic (exact) mass is 182 g/mol. The van der Waals surface area contributed by atoms with Crippen molar-refractivity contribution in [2.75, 3.05) is 0 Å². The molecular formula is C8H10N2O3. The molecule has 0 amide bonds. The average Bonchev–Trinajstić information content (AvgIpc) is 2.03. The molecule has 5 heteroatoms. The highest BCUT2D eigenvalue weighted by molar-refractivity contribution is 5.85. The number of carboxylic acids is 1. The summed E-state index contributed by atoms with van der Waals surface area (Å²) in [4.78, 5) is 17.8. The van der Waals surface area contributed by atoms with Crippen molar-refractivity contribution in [2.45, 2.75) is 20.0 Å². The maximum atomic E-state index is 10.5. The van der Waals surface area contributed by atoms with Crippen molar-refractivity contribution < 1.29 is 14.6 Å². The van der Waals surface area contributed by atoms with Crippen molar-refractivity contribution in [3.8, 4) is 5.88 Å². The molecule has 0 aliphatic heterocycles. The molecule has 0 fully saturated rings. The summed E-state index contributed by atoms with van der Waals surface area (Å²) in [5.74, 6) is -0.807. The Labute approximate surface area is 75.4 Å². The van der Waals surface area contributed by atoms with Crippen LogP contribution in [0.2, 0.25) is 0 Å². The van der Waals surface area contributed by atoms with E-state index < -0.39 is 5.97 Å². The van der Waals surface area contributed by atoms with E-state index in [-0.39, 0.29) is 17.7 Å². The van der Waals surface area contributed by atoms with E-state index in [4.69, 9.17) is 9.84 Å². The Bertz CT molecular complexity index is 312. The second-order valence-corrected chi connectivity index (χ2v) is 2.71. The summed E-state index contributed by atoms with van der Waals surface area (Å²) in [5.41, 5.74) is -0.0642. The number of hydrogen-bond donors (Lipinski definition) is 1. The van der Waals surface area contributed by atoms with Crippen LogP contribution in [0, 0.1) is 0 Å². The predicted octanol–water partition coefficient (Wildman–Crippen LogP) is 0.962. The summed E-state index contributed by atoms with van der Waals surface area (Å²) < 4.78 is 5.19. The highest BCUT2D eigenvalue weighted by Gasteiger charge is 2.07. The van der Waals surface area contributed by atoms with Crippen LogP contribution in [0.25, 0.3) is 0 Å². The van der Waals surface area contributed by atoms with Gasteiger partial charge in [0.15, 0.2) is 5.69 Å². The zero-order valence-corrected chi connectivity index (χ0v) is 7.39. The first-order chi connectivity index (χ1) is 6.09. The Morgan fingerprint density at radius 1 is 1.54 bits per heavy atom. The van der Waals surface area contributed by atoms with Crippen LogP contribution in [0.4, 0.5) is 0 Å². The smallest absolute Gasteiger partial charge is 0.354 e. The normalized spacial score (nSPS) is 10.1. The van der Waals surface area contributed by atoms with Gasteiger partial charge in [-0.05, 0) is 13.8 Å². The van der Waals surface area contributed by atoms with Crippen LogP contribution in [-0.2, 0) is 0 Å². The molecule has 1 aromatic heterocycles. The van der Waals surface area contributed by atoms with E-state index in [0.29, 0.717) is 0 Å². The van der Waals surface area contributed by atoms with Crippen molar-refractivity contribution in [1.82, 2.24) is 9.97 Å². The van der Waals surface area contributed by atoms with Gasteiger partial charge in [0.05, 0.1) is 6.10 Å². The number of aromatic carboxylic acids is 1. The molecule has 0 unspecified atom stereocenters. The van der Waals surface area contributed by atoms with Crippen LogP contribution in [0.15, 0.2) is 12.4 Å². The number of carbonyl (C=O) groups is 1. The van der Waals surface area contributed by atoms with Gasteiger partial charge in [0.25, 0.3) is 0 Å². The molecule has 0 spiro atoms. The topological polar surface area (TPSA) is 72.3 Å². The largest absolute Gasteiger partial charge is 0.477 e. The van der Waals surface area contributed by atoms with Crippen LogP contribution < -0.4 is 4.74 Å². The minimum Gasteiger partial charge on any atom is -0.477 e. The summed E-state index contributed by atoms with van der Waals surface area (Å²) in [6.07, 6.45) is 1.14. The van der Waals surface area contributed by atoms with Gasteiger partial charge in [-0.3, -0.25) is 0 Å². The molecular weight excluding hydrogens is 172 g/mol. The van der Waals surface area contributed by atoms with E-state index in [9.17, 15) is 4.79 Å². The molecule has 0 aromatic carbocycles. The fraction of sp³-hybridized carbons (Fsp3) is 0.375. The lowest BCUT2D eigenvalue weighted by atomic mass is 10.4. The molecule has 13 heavy (non-hydrogen) atoms. The van der Waals surface area contributed by atoms with E-state index in [1.54, 1.807) is 0 Å². The van der Waals surface area contributed by atoms with Gasteiger partial charge in [0, 0.05) is 6.07 Å². The van der Waals surface area contributed by atoms with E-state index >= 15 is 0 Å². The third-order valence-electron chi connectivity index (χ3n) is 1.22. The first kappa shape index (κ1) is 9.44. The highest BCUT2D eigenvalue weighted by atomic mass is 16.5. The van der Waals surface area contributed by atoms with Crippen LogP contribution in [0.5, 0.6) is 5.88 Å². The second kappa shape index (κ2) is 3.84. The molecule has 0 radical (unpaired) electrons. The zero-order chi connectivity index (χ0) is 9.84. The summed E-state index contributed by atoms with van der Waals surface area (Å²) in [7, 11) is 0. The number of ether oxygens (including phenoxy) is 1. The quantitative estimate of drug-likeness (QED) is 0.753. The van der Waals surface area contributed by atoms with Gasteiger partial charge < -0.3 is 9.84 Å². The molecule has 1 aromatic rings. The standard InChI is InChI=1S/C8H10N2O3/c1-5(2)13-7-3-6(8(11)12)9-4-10-7/h3-5H,1-2H3,(H,11,12). The van der Waals surface area contributed by atoms with Crippen LogP contribution in [0.1, 0.15) is 24.3 Å². The van der Waals surface area contributed by atoms with Crippen molar-refractivity contribution in [2.24, 2.45) is 0 Å². The lowest BCUT2D eigenvalue weighted by molar-refractivity contribution is 0.0689. The molecule has 0 saturated carbocycles. The SMILES string of the molecule is CC(C)Oc1cc(C(=O)O)ncn1. The number of hydrogen-bond acceptors (Lipinski definition) is 4. The van der Waals surface area contributed by atoms with Crippen LogP contribution >= 0.6 is 0 Å². The van der Waals surface area contributed by atoms with Gasteiger partial charge >= 0.3 is 5.97 Å². The Morgan fingerprint density at radius 3 is 2.77 bits per heavy atom. The lowest BCUT2D eigenvalue weighted by Gasteiger charge is -2.07. The van der Waals surface area contributed by atoms with Gasteiger partial charge in [0.1, 0.15) is 6.33 Å². The minimum absolute atomic E-state index is 0.0310. The molecule has 0 saturated heterocycles. The molecule has 70 valence electrons. The Morgan fingerprint density at radius 2 is 2.23 bits per heavy atom. The van der Waals surface area contributed by atoms with Crippen molar-refractivity contribution in [1.29, 1.82) is 0 Å². The van der Waals surface area contributed by atoms with E-state index in [0.717, 1.165) is 0 Å². The third-order valence-corrected chi connectivity index (χ3v) is 1.22. The summed E-state index contributed by atoms with van der Waals surface area (Å²) in [6, 6.07) is 1.29. The molecule has 0 bridgehead atoms. The lowest BCUT2D eigenvalue weighted by Crippen LogP contribution is -2.09. The van der Waals surface area contributed by atoms with Crippen LogP contribution in [-0.4, -0.2) is 27.1 Å². The van der Waals surface area contributed by atoms with Gasteiger partial charge in [0.2, 0.25) is 5.88 Å². The predicted molar refractivity (Wildman–Crippen MR) is 44.8 cm³/mol. The summed E-state index contributed by atoms with van der Waals surface area (Å²) in [5, 5.41) is 8.60. The van der Waals surface area contributed by atoms with E-state index in [2.05, 4.69) is 9.97 Å². The van der Waals surface area contributed by atoms with Gasteiger partial charge in [-0.2, -0.15) is 0 Å². The maximum Gasteiger partial charge on any atom is 0.354 e. The fourth-order valence-corrected chi connectivity index (χ4v) is 0.762. The maximum absolute atomic E-state index is 10.5. The average molecular weight is 182 g/mol. The van der Waals surface area contributed by atoms with Gasteiger partial charge in [-0.1, -0.05) is 0 Å². The van der Waals surface area contributed by atoms with Crippen LogP contribution in [0.3, 0.4) is 0 Å². The number of aromatic nitrogens is 2. The molecule has 0 aliphatic rings. The first-order valence-corrected chi connectivity index (χ1v) is 3.81. The number of nitrogens with zero attached hydrogens (tertiary/aromatic N) is 2. The Kier molecular flexibility index (Phi) is 2.79. The summed E-state index contributed by atoms with van der Waals surface area (Å²) >= 11 is 0. The molecule has 0 atom stereocenters. The van der Waals surface area contributed by atoms with E-state index in [1.165, 1.54) is 12.4 Å². The van der Waals surface area contributed by atoms with E-state index in [1.807, 2.05) is 13.8 Å². The highest BCUT2D eigenvalue weighted by Crippen LogP contribution is 2.08. The number of rotatable bonds is 3. The minimum atomic E-state index is -1.09. The Hall–Kier alpha value is -1.65. The third kappa shape index (κ3) is 2.70. The zero-order valence-electron chi connectivity index (χ0n) is 7.39. The molecule has 1 heterocycles.